The van der Waals surface area contributed by atoms with Crippen LogP contribution in [0.2, 0.25) is 5.02 Å². The summed E-state index contributed by atoms with van der Waals surface area (Å²) in [6.45, 7) is 0.826. The summed E-state index contributed by atoms with van der Waals surface area (Å²) in [6, 6.07) is 8.78. The summed E-state index contributed by atoms with van der Waals surface area (Å²) in [4.78, 5) is 47.0. The van der Waals surface area contributed by atoms with Gasteiger partial charge in [0.05, 0.1) is 16.3 Å². The van der Waals surface area contributed by atoms with Gasteiger partial charge in [0.15, 0.2) is 12.4 Å². The van der Waals surface area contributed by atoms with Gasteiger partial charge in [0.25, 0.3) is 5.91 Å². The quantitative estimate of drug-likeness (QED) is 0.391. The third kappa shape index (κ3) is 8.57. The van der Waals surface area contributed by atoms with Gasteiger partial charge in [0.1, 0.15) is 0 Å². The zero-order valence-corrected chi connectivity index (χ0v) is 18.2. The van der Waals surface area contributed by atoms with Gasteiger partial charge in [0.2, 0.25) is 5.91 Å². The molecule has 0 saturated heterocycles. The number of rotatable bonds is 9. The molecule has 0 aliphatic heterocycles. The first-order valence-corrected chi connectivity index (χ1v) is 10.1. The van der Waals surface area contributed by atoms with Crippen molar-refractivity contribution in [2.24, 2.45) is 0 Å². The smallest absolute Gasteiger partial charge is 0.416 e. The van der Waals surface area contributed by atoms with Gasteiger partial charge >= 0.3 is 12.1 Å². The topological polar surface area (TPSA) is 102 Å². The Labute approximate surface area is 192 Å². The molecule has 0 fully saturated rings. The maximum absolute atomic E-state index is 12.8. The molecule has 0 aliphatic rings. The molecule has 2 aromatic rings. The Morgan fingerprint density at radius 1 is 0.970 bits per heavy atom. The Morgan fingerprint density at radius 2 is 1.70 bits per heavy atom. The van der Waals surface area contributed by atoms with Crippen molar-refractivity contribution in [3.63, 3.8) is 0 Å². The molecule has 0 aromatic heterocycles. The van der Waals surface area contributed by atoms with Gasteiger partial charge in [0, 0.05) is 24.1 Å². The minimum atomic E-state index is -4.59. The van der Waals surface area contributed by atoms with Gasteiger partial charge in [-0.25, -0.2) is 0 Å². The van der Waals surface area contributed by atoms with Crippen LogP contribution in [-0.2, 0) is 25.3 Å². The van der Waals surface area contributed by atoms with E-state index in [-0.39, 0.29) is 35.8 Å². The largest absolute Gasteiger partial charge is 0.456 e. The van der Waals surface area contributed by atoms with E-state index in [0.717, 1.165) is 18.2 Å². The van der Waals surface area contributed by atoms with E-state index in [0.29, 0.717) is 11.3 Å². The molecule has 0 spiro atoms. The lowest BCUT2D eigenvalue weighted by Gasteiger charge is -2.11. The van der Waals surface area contributed by atoms with Crippen LogP contribution in [0.25, 0.3) is 0 Å². The van der Waals surface area contributed by atoms with Crippen LogP contribution in [0.15, 0.2) is 42.5 Å². The Morgan fingerprint density at radius 3 is 2.36 bits per heavy atom. The van der Waals surface area contributed by atoms with E-state index in [2.05, 4.69) is 10.6 Å². The molecule has 0 atom stereocenters. The number of benzene rings is 2. The van der Waals surface area contributed by atoms with E-state index >= 15 is 0 Å². The summed E-state index contributed by atoms with van der Waals surface area (Å²) in [7, 11) is 0. The number of ether oxygens (including phenoxy) is 1. The number of alkyl halides is 3. The Bertz CT molecular complexity index is 1060. The molecule has 2 amide bonds. The number of anilines is 2. The molecule has 0 saturated carbocycles. The molecule has 33 heavy (non-hydrogen) atoms. The summed E-state index contributed by atoms with van der Waals surface area (Å²) in [5, 5.41) is 4.71. The first-order valence-electron chi connectivity index (χ1n) is 9.69. The maximum Gasteiger partial charge on any atom is 0.416 e. The fourth-order valence-corrected chi connectivity index (χ4v) is 2.80. The molecule has 11 heteroatoms. The van der Waals surface area contributed by atoms with Gasteiger partial charge in [-0.2, -0.15) is 13.2 Å². The summed E-state index contributed by atoms with van der Waals surface area (Å²) < 4.78 is 43.2. The minimum Gasteiger partial charge on any atom is -0.456 e. The minimum absolute atomic E-state index is 0.0452. The van der Waals surface area contributed by atoms with Crippen molar-refractivity contribution < 1.29 is 37.1 Å². The molecule has 2 aromatic carbocycles. The van der Waals surface area contributed by atoms with Crippen molar-refractivity contribution in [2.75, 3.05) is 17.2 Å². The average molecular weight is 485 g/mol. The van der Waals surface area contributed by atoms with E-state index in [1.807, 2.05) is 0 Å². The maximum atomic E-state index is 12.8. The lowest BCUT2D eigenvalue weighted by molar-refractivity contribution is -0.147. The Kier molecular flexibility index (Phi) is 8.98. The second-order valence-electron chi connectivity index (χ2n) is 6.94. The third-order valence-electron chi connectivity index (χ3n) is 4.27. The van der Waals surface area contributed by atoms with Crippen molar-refractivity contribution in [1.29, 1.82) is 0 Å². The zero-order chi connectivity index (χ0) is 24.6. The molecule has 176 valence electrons. The van der Waals surface area contributed by atoms with Crippen molar-refractivity contribution in [2.45, 2.75) is 32.4 Å². The normalized spacial score (nSPS) is 10.9. The summed E-state index contributed by atoms with van der Waals surface area (Å²) >= 11 is 5.82. The number of nitrogens with one attached hydrogen (secondary N) is 2. The predicted molar refractivity (Wildman–Crippen MR) is 115 cm³/mol. The molecular formula is C22H20ClF3N2O5. The molecule has 0 aliphatic carbocycles. The molecule has 2 rings (SSSR count). The predicted octanol–water partition coefficient (Wildman–Crippen LogP) is 4.85. The average Bonchev–Trinajstić information content (AvgIpc) is 2.73. The lowest BCUT2D eigenvalue weighted by Crippen LogP contribution is -2.21. The Hall–Kier alpha value is -3.40. The molecule has 0 unspecified atom stereocenters. The monoisotopic (exact) mass is 484 g/mol. The van der Waals surface area contributed by atoms with Gasteiger partial charge in [-0.3, -0.25) is 19.2 Å². The second-order valence-corrected chi connectivity index (χ2v) is 7.35. The van der Waals surface area contributed by atoms with Crippen LogP contribution in [0.4, 0.5) is 24.5 Å². The fraction of sp³-hybridized carbons (Fsp3) is 0.273. The van der Waals surface area contributed by atoms with Gasteiger partial charge in [-0.15, -0.1) is 0 Å². The van der Waals surface area contributed by atoms with E-state index in [1.54, 1.807) is 18.2 Å². The third-order valence-corrected chi connectivity index (χ3v) is 4.60. The molecule has 0 bridgehead atoms. The molecule has 0 heterocycles. The van der Waals surface area contributed by atoms with Crippen molar-refractivity contribution in [3.8, 4) is 0 Å². The number of hydrogen-bond acceptors (Lipinski definition) is 5. The highest BCUT2D eigenvalue weighted by molar-refractivity contribution is 6.33. The fourth-order valence-electron chi connectivity index (χ4n) is 2.63. The number of carbonyl (C=O) groups is 4. The number of amides is 2. The first kappa shape index (κ1) is 25.9. The van der Waals surface area contributed by atoms with E-state index in [1.165, 1.54) is 13.0 Å². The number of esters is 1. The number of hydrogen-bond donors (Lipinski definition) is 2. The van der Waals surface area contributed by atoms with Crippen LogP contribution < -0.4 is 10.6 Å². The van der Waals surface area contributed by atoms with E-state index < -0.39 is 36.1 Å². The van der Waals surface area contributed by atoms with Gasteiger partial charge < -0.3 is 15.4 Å². The molecule has 0 radical (unpaired) electrons. The van der Waals surface area contributed by atoms with Crippen LogP contribution in [0, 0.1) is 0 Å². The van der Waals surface area contributed by atoms with Crippen LogP contribution in [0.3, 0.4) is 0 Å². The molecule has 7 nitrogen and oxygen atoms in total. The summed E-state index contributed by atoms with van der Waals surface area (Å²) in [5.74, 6) is -2.14. The highest BCUT2D eigenvalue weighted by Gasteiger charge is 2.31. The Balaban J connectivity index is 1.74. The zero-order valence-electron chi connectivity index (χ0n) is 17.4. The van der Waals surface area contributed by atoms with Gasteiger partial charge in [-0.05, 0) is 43.7 Å². The van der Waals surface area contributed by atoms with Gasteiger partial charge in [-0.1, -0.05) is 23.7 Å². The van der Waals surface area contributed by atoms with Crippen LogP contribution >= 0.6 is 11.6 Å². The van der Waals surface area contributed by atoms with E-state index in [4.69, 9.17) is 16.3 Å². The van der Waals surface area contributed by atoms with Crippen molar-refractivity contribution in [3.05, 3.63) is 58.6 Å². The van der Waals surface area contributed by atoms with Crippen molar-refractivity contribution in [1.82, 2.24) is 0 Å². The van der Waals surface area contributed by atoms with Crippen molar-refractivity contribution >= 4 is 46.5 Å². The SMILES string of the molecule is CC(=O)c1cccc(NC(=O)COC(=O)CCCC(=O)Nc2cc(C(F)(F)F)ccc2Cl)c1. The summed E-state index contributed by atoms with van der Waals surface area (Å²) in [5.41, 5.74) is -0.371. The number of Topliss-reactive ketones (excluding diaryl/α,β-unsaturated/α-hetero) is 1. The number of halogens is 4. The number of ketones is 1. The number of carbonyl (C=O) groups excluding carboxylic acids is 4. The van der Waals surface area contributed by atoms with Crippen LogP contribution in [-0.4, -0.2) is 30.2 Å². The standard InChI is InChI=1S/C22H20ClF3N2O5/c1-13(29)14-4-2-5-16(10-14)27-20(31)12-33-21(32)7-3-6-19(30)28-18-11-15(22(24,25)26)8-9-17(18)23/h2,4-5,8-11H,3,6-7,12H2,1H3,(H,27,31)(H,28,30). The van der Waals surface area contributed by atoms with E-state index in [9.17, 15) is 32.3 Å². The highest BCUT2D eigenvalue weighted by atomic mass is 35.5. The lowest BCUT2D eigenvalue weighted by atomic mass is 10.1. The molecule has 2 N–H and O–H groups in total. The second kappa shape index (κ2) is 11.5. The first-order chi connectivity index (χ1) is 15.5. The van der Waals surface area contributed by atoms with Crippen LogP contribution in [0.5, 0.6) is 0 Å². The summed E-state index contributed by atoms with van der Waals surface area (Å²) in [6.07, 6.45) is -4.90. The molecular weight excluding hydrogens is 465 g/mol. The highest BCUT2D eigenvalue weighted by Crippen LogP contribution is 2.33. The van der Waals surface area contributed by atoms with Crippen LogP contribution in [0.1, 0.15) is 42.1 Å².